The summed E-state index contributed by atoms with van der Waals surface area (Å²) in [5.74, 6) is -2.04. The van der Waals surface area contributed by atoms with E-state index in [9.17, 15) is 37.7 Å². The van der Waals surface area contributed by atoms with E-state index in [0.29, 0.717) is 12.1 Å². The van der Waals surface area contributed by atoms with Crippen LogP contribution in [0.4, 0.5) is 29.3 Å². The van der Waals surface area contributed by atoms with Crippen molar-refractivity contribution in [3.05, 3.63) is 33.9 Å². The van der Waals surface area contributed by atoms with Gasteiger partial charge in [0, 0.05) is 6.07 Å². The standard InChI is InChI=1S/C14H15F3N4O6/c1-6(12(23)27-7(2)11(22)20-13(18)24)19-9-4-3-8(14(15,16)17)5-10(9)21(25)26/h3-7,19H,1-2H3,(H3,18,20,22,24). The molecule has 1 aromatic rings. The van der Waals surface area contributed by atoms with Gasteiger partial charge >= 0.3 is 18.2 Å². The summed E-state index contributed by atoms with van der Waals surface area (Å²) in [6.45, 7) is 2.35. The van der Waals surface area contributed by atoms with Crippen LogP contribution in [0.3, 0.4) is 0 Å². The van der Waals surface area contributed by atoms with Gasteiger partial charge in [0.25, 0.3) is 11.6 Å². The van der Waals surface area contributed by atoms with Gasteiger partial charge in [-0.05, 0) is 26.0 Å². The number of hydrogen-bond donors (Lipinski definition) is 3. The molecule has 0 aliphatic carbocycles. The van der Waals surface area contributed by atoms with E-state index in [1.807, 2.05) is 0 Å². The zero-order valence-electron chi connectivity index (χ0n) is 14.0. The van der Waals surface area contributed by atoms with Gasteiger partial charge in [0.2, 0.25) is 0 Å². The number of hydrogen-bond acceptors (Lipinski definition) is 7. The maximum Gasteiger partial charge on any atom is 0.416 e. The lowest BCUT2D eigenvalue weighted by Crippen LogP contribution is -2.43. The average molecular weight is 392 g/mol. The number of imide groups is 1. The van der Waals surface area contributed by atoms with Crippen molar-refractivity contribution in [2.24, 2.45) is 5.73 Å². The summed E-state index contributed by atoms with van der Waals surface area (Å²) in [6, 6.07) is -0.688. The maximum absolute atomic E-state index is 12.7. The van der Waals surface area contributed by atoms with Gasteiger partial charge in [-0.3, -0.25) is 20.2 Å². The molecule has 148 valence electrons. The van der Waals surface area contributed by atoms with Gasteiger partial charge in [0.1, 0.15) is 11.7 Å². The first-order valence-electron chi connectivity index (χ1n) is 7.26. The molecule has 0 aliphatic heterocycles. The minimum Gasteiger partial charge on any atom is -0.451 e. The Kier molecular flexibility index (Phi) is 6.69. The molecule has 13 heteroatoms. The number of halogens is 3. The highest BCUT2D eigenvalue weighted by atomic mass is 19.4. The lowest BCUT2D eigenvalue weighted by molar-refractivity contribution is -0.384. The highest BCUT2D eigenvalue weighted by molar-refractivity contribution is 5.96. The molecule has 10 nitrogen and oxygen atoms in total. The number of nitrogens with one attached hydrogen (secondary N) is 2. The van der Waals surface area contributed by atoms with Crippen molar-refractivity contribution in [1.29, 1.82) is 0 Å². The predicted molar refractivity (Wildman–Crippen MR) is 84.5 cm³/mol. The number of rotatable bonds is 6. The lowest BCUT2D eigenvalue weighted by Gasteiger charge is -2.18. The molecule has 0 saturated carbocycles. The van der Waals surface area contributed by atoms with Gasteiger partial charge in [-0.2, -0.15) is 13.2 Å². The van der Waals surface area contributed by atoms with Crippen molar-refractivity contribution in [2.75, 3.05) is 5.32 Å². The number of anilines is 1. The molecule has 0 fully saturated rings. The van der Waals surface area contributed by atoms with E-state index in [1.165, 1.54) is 6.92 Å². The first kappa shape index (κ1) is 21.7. The van der Waals surface area contributed by atoms with Crippen LogP contribution in [0.1, 0.15) is 19.4 Å². The summed E-state index contributed by atoms with van der Waals surface area (Å²) < 4.78 is 42.8. The Morgan fingerprint density at radius 3 is 2.33 bits per heavy atom. The van der Waals surface area contributed by atoms with E-state index in [1.54, 1.807) is 5.32 Å². The van der Waals surface area contributed by atoms with Crippen LogP contribution in [-0.4, -0.2) is 35.0 Å². The van der Waals surface area contributed by atoms with Crippen molar-refractivity contribution in [3.8, 4) is 0 Å². The normalized spacial score (nSPS) is 13.2. The Hall–Kier alpha value is -3.38. The van der Waals surface area contributed by atoms with Crippen LogP contribution in [0.5, 0.6) is 0 Å². The van der Waals surface area contributed by atoms with Crippen LogP contribution >= 0.6 is 0 Å². The molecule has 3 amide bonds. The minimum atomic E-state index is -4.78. The molecule has 0 heterocycles. The fraction of sp³-hybridized carbons (Fsp3) is 0.357. The third-order valence-electron chi connectivity index (χ3n) is 3.16. The van der Waals surface area contributed by atoms with E-state index in [-0.39, 0.29) is 5.69 Å². The second-order valence-electron chi connectivity index (χ2n) is 5.29. The molecule has 0 aromatic heterocycles. The van der Waals surface area contributed by atoms with E-state index < -0.39 is 52.4 Å². The van der Waals surface area contributed by atoms with Gasteiger partial charge in [-0.1, -0.05) is 0 Å². The van der Waals surface area contributed by atoms with Crippen molar-refractivity contribution >= 4 is 29.3 Å². The van der Waals surface area contributed by atoms with Crippen LogP contribution in [0.15, 0.2) is 18.2 Å². The van der Waals surface area contributed by atoms with Gasteiger partial charge < -0.3 is 15.8 Å². The third kappa shape index (κ3) is 6.13. The lowest BCUT2D eigenvalue weighted by atomic mass is 10.1. The van der Waals surface area contributed by atoms with Crippen LogP contribution in [-0.2, 0) is 20.5 Å². The molecule has 1 rings (SSSR count). The second-order valence-corrected chi connectivity index (χ2v) is 5.29. The van der Waals surface area contributed by atoms with Gasteiger partial charge in [0.15, 0.2) is 6.10 Å². The molecule has 2 unspecified atom stereocenters. The number of amides is 3. The smallest absolute Gasteiger partial charge is 0.416 e. The average Bonchev–Trinajstić information content (AvgIpc) is 2.52. The van der Waals surface area contributed by atoms with E-state index in [2.05, 4.69) is 5.32 Å². The van der Waals surface area contributed by atoms with Crippen molar-refractivity contribution in [1.82, 2.24) is 5.32 Å². The zero-order chi connectivity index (χ0) is 20.9. The number of ether oxygens (including phenoxy) is 1. The fourth-order valence-electron chi connectivity index (χ4n) is 1.83. The highest BCUT2D eigenvalue weighted by Crippen LogP contribution is 2.35. The van der Waals surface area contributed by atoms with Crippen LogP contribution < -0.4 is 16.4 Å². The monoisotopic (exact) mass is 392 g/mol. The Morgan fingerprint density at radius 2 is 1.85 bits per heavy atom. The van der Waals surface area contributed by atoms with Crippen LogP contribution in [0, 0.1) is 10.1 Å². The SMILES string of the molecule is CC(Nc1ccc(C(F)(F)F)cc1[N+](=O)[O-])C(=O)OC(C)C(=O)NC(N)=O. The van der Waals surface area contributed by atoms with Gasteiger partial charge in [-0.25, -0.2) is 9.59 Å². The van der Waals surface area contributed by atoms with Crippen LogP contribution in [0.2, 0.25) is 0 Å². The third-order valence-corrected chi connectivity index (χ3v) is 3.16. The minimum absolute atomic E-state index is 0.323. The number of benzene rings is 1. The maximum atomic E-state index is 12.7. The number of nitro groups is 1. The fourth-order valence-corrected chi connectivity index (χ4v) is 1.83. The summed E-state index contributed by atoms with van der Waals surface area (Å²) in [5.41, 5.74) is 2.26. The Morgan fingerprint density at radius 1 is 1.26 bits per heavy atom. The molecular formula is C14H15F3N4O6. The number of carbonyl (C=O) groups excluding carboxylic acids is 3. The molecule has 27 heavy (non-hydrogen) atoms. The number of nitrogens with zero attached hydrogens (tertiary/aromatic N) is 1. The summed E-state index contributed by atoms with van der Waals surface area (Å²) in [5, 5.41) is 15.0. The van der Waals surface area contributed by atoms with Gasteiger partial charge in [-0.15, -0.1) is 0 Å². The molecule has 1 aromatic carbocycles. The van der Waals surface area contributed by atoms with E-state index >= 15 is 0 Å². The molecule has 0 spiro atoms. The van der Waals surface area contributed by atoms with Crippen molar-refractivity contribution in [2.45, 2.75) is 32.2 Å². The number of carbonyl (C=O) groups is 3. The zero-order valence-corrected chi connectivity index (χ0v) is 14.0. The van der Waals surface area contributed by atoms with Crippen molar-refractivity contribution < 1.29 is 37.2 Å². The Labute approximate surface area is 150 Å². The highest BCUT2D eigenvalue weighted by Gasteiger charge is 2.33. The summed E-state index contributed by atoms with van der Waals surface area (Å²) in [6.07, 6.45) is -6.19. The summed E-state index contributed by atoms with van der Waals surface area (Å²) in [4.78, 5) is 43.9. The molecule has 0 saturated heterocycles. The quantitative estimate of drug-likeness (QED) is 0.377. The molecule has 4 N–H and O–H groups in total. The molecule has 0 radical (unpaired) electrons. The summed E-state index contributed by atoms with van der Waals surface area (Å²) >= 11 is 0. The van der Waals surface area contributed by atoms with Crippen LogP contribution in [0.25, 0.3) is 0 Å². The second kappa shape index (κ2) is 8.33. The number of nitro benzene ring substituents is 1. The number of nitrogens with two attached hydrogens (primary N) is 1. The molecule has 2 atom stereocenters. The van der Waals surface area contributed by atoms with Crippen molar-refractivity contribution in [3.63, 3.8) is 0 Å². The Balaban J connectivity index is 2.91. The summed E-state index contributed by atoms with van der Waals surface area (Å²) in [7, 11) is 0. The number of primary amides is 1. The number of alkyl halides is 3. The number of urea groups is 1. The first-order chi connectivity index (χ1) is 12.3. The predicted octanol–water partition coefficient (Wildman–Crippen LogP) is 1.54. The van der Waals surface area contributed by atoms with Gasteiger partial charge in [0.05, 0.1) is 10.5 Å². The molecular weight excluding hydrogens is 377 g/mol. The topological polar surface area (TPSA) is 154 Å². The molecule has 0 aliphatic rings. The number of esters is 1. The Bertz CT molecular complexity index is 768. The van der Waals surface area contributed by atoms with E-state index in [4.69, 9.17) is 10.5 Å². The van der Waals surface area contributed by atoms with E-state index in [0.717, 1.165) is 13.0 Å². The first-order valence-corrected chi connectivity index (χ1v) is 7.26. The molecule has 0 bridgehead atoms. The largest absolute Gasteiger partial charge is 0.451 e.